The number of amides is 1. The monoisotopic (exact) mass is 442 g/mol. The van der Waals surface area contributed by atoms with E-state index in [1.807, 2.05) is 0 Å². The topological polar surface area (TPSA) is 84.5 Å². The molecule has 10 heteroatoms. The van der Waals surface area contributed by atoms with Gasteiger partial charge in [0.15, 0.2) is 0 Å². The highest BCUT2D eigenvalue weighted by Crippen LogP contribution is 2.29. The fourth-order valence-corrected chi connectivity index (χ4v) is 3.70. The Morgan fingerprint density at radius 1 is 1.10 bits per heavy atom. The molecule has 2 aromatic carbocycles. The number of carbonyl (C=O) groups excluding carboxylic acids is 1. The predicted octanol–water partition coefficient (Wildman–Crippen LogP) is 3.67. The minimum atomic E-state index is -4.42. The van der Waals surface area contributed by atoms with Gasteiger partial charge in [-0.25, -0.2) is 13.1 Å². The third-order valence-electron chi connectivity index (χ3n) is 3.87. The minimum Gasteiger partial charge on any atom is -0.383 e. The number of hydrogen-bond acceptors (Lipinski definition) is 4. The van der Waals surface area contributed by atoms with Gasteiger partial charge >= 0.3 is 6.18 Å². The first kappa shape index (κ1) is 23.6. The largest absolute Gasteiger partial charge is 0.416 e. The average Bonchev–Trinajstić information content (AvgIpc) is 2.66. The standard InChI is InChI=1S/C20H21F3N2O4S/c1-14(13-29-2)25-30(27,28)18-10-8-17(9-11-18)24-19(26)12-5-15-3-6-16(7-4-15)20(21,22)23/h3-12,14,25H,13H2,1-2H3,(H,24,26)/b12-5+. The van der Waals surface area contributed by atoms with E-state index in [1.165, 1.54) is 55.7 Å². The van der Waals surface area contributed by atoms with Gasteiger partial charge in [0.1, 0.15) is 0 Å². The third kappa shape index (κ3) is 6.97. The van der Waals surface area contributed by atoms with Crippen LogP contribution in [-0.4, -0.2) is 34.1 Å². The summed E-state index contributed by atoms with van der Waals surface area (Å²) >= 11 is 0. The van der Waals surface area contributed by atoms with Gasteiger partial charge in [-0.15, -0.1) is 0 Å². The van der Waals surface area contributed by atoms with Gasteiger partial charge in [0.05, 0.1) is 17.1 Å². The Morgan fingerprint density at radius 3 is 2.23 bits per heavy atom. The van der Waals surface area contributed by atoms with Crippen LogP contribution in [0.4, 0.5) is 18.9 Å². The molecule has 0 spiro atoms. The van der Waals surface area contributed by atoms with Crippen molar-refractivity contribution >= 4 is 27.7 Å². The summed E-state index contributed by atoms with van der Waals surface area (Å²) in [5.74, 6) is -0.516. The van der Waals surface area contributed by atoms with E-state index >= 15 is 0 Å². The SMILES string of the molecule is COCC(C)NS(=O)(=O)c1ccc(NC(=O)/C=C/c2ccc(C(F)(F)F)cc2)cc1. The van der Waals surface area contributed by atoms with E-state index < -0.39 is 33.7 Å². The molecule has 162 valence electrons. The van der Waals surface area contributed by atoms with E-state index in [-0.39, 0.29) is 11.5 Å². The number of hydrogen-bond donors (Lipinski definition) is 2. The maximum Gasteiger partial charge on any atom is 0.416 e. The number of methoxy groups -OCH3 is 1. The fourth-order valence-electron chi connectivity index (χ4n) is 2.47. The second-order valence-corrected chi connectivity index (χ2v) is 8.16. The van der Waals surface area contributed by atoms with Crippen LogP contribution in [0.1, 0.15) is 18.1 Å². The molecule has 2 aromatic rings. The smallest absolute Gasteiger partial charge is 0.383 e. The van der Waals surface area contributed by atoms with Crippen molar-refractivity contribution < 1.29 is 31.1 Å². The maximum atomic E-state index is 12.5. The summed E-state index contributed by atoms with van der Waals surface area (Å²) < 4.78 is 69.5. The molecule has 0 saturated carbocycles. The lowest BCUT2D eigenvalue weighted by Crippen LogP contribution is -2.35. The maximum absolute atomic E-state index is 12.5. The number of ether oxygens (including phenoxy) is 1. The first-order chi connectivity index (χ1) is 14.0. The highest BCUT2D eigenvalue weighted by Gasteiger charge is 2.29. The molecule has 0 aliphatic carbocycles. The highest BCUT2D eigenvalue weighted by atomic mass is 32.2. The zero-order valence-corrected chi connectivity index (χ0v) is 17.0. The van der Waals surface area contributed by atoms with Crippen LogP contribution in [0.5, 0.6) is 0 Å². The van der Waals surface area contributed by atoms with Crippen molar-refractivity contribution in [1.82, 2.24) is 4.72 Å². The third-order valence-corrected chi connectivity index (χ3v) is 5.48. The van der Waals surface area contributed by atoms with Crippen molar-refractivity contribution in [3.63, 3.8) is 0 Å². The van der Waals surface area contributed by atoms with E-state index in [1.54, 1.807) is 6.92 Å². The molecule has 0 aliphatic heterocycles. The van der Waals surface area contributed by atoms with Gasteiger partial charge in [-0.05, 0) is 55.0 Å². The molecule has 1 atom stereocenters. The van der Waals surface area contributed by atoms with Crippen LogP contribution in [0.15, 0.2) is 59.5 Å². The van der Waals surface area contributed by atoms with Crippen LogP contribution < -0.4 is 10.0 Å². The summed E-state index contributed by atoms with van der Waals surface area (Å²) in [6.07, 6.45) is -1.88. The molecule has 30 heavy (non-hydrogen) atoms. The van der Waals surface area contributed by atoms with Crippen LogP contribution in [0.25, 0.3) is 6.08 Å². The van der Waals surface area contributed by atoms with E-state index in [4.69, 9.17) is 4.74 Å². The molecule has 0 radical (unpaired) electrons. The van der Waals surface area contributed by atoms with Crippen molar-refractivity contribution in [2.24, 2.45) is 0 Å². The molecule has 0 aromatic heterocycles. The van der Waals surface area contributed by atoms with Gasteiger partial charge in [-0.3, -0.25) is 4.79 Å². The number of halogens is 3. The Bertz CT molecular complexity index is 986. The number of alkyl halides is 3. The highest BCUT2D eigenvalue weighted by molar-refractivity contribution is 7.89. The number of carbonyl (C=O) groups is 1. The van der Waals surface area contributed by atoms with Crippen molar-refractivity contribution in [2.45, 2.75) is 24.0 Å². The molecule has 0 saturated heterocycles. The summed E-state index contributed by atoms with van der Waals surface area (Å²) in [5, 5.41) is 2.55. The first-order valence-corrected chi connectivity index (χ1v) is 10.3. The molecular weight excluding hydrogens is 421 g/mol. The normalized spacial score (nSPS) is 13.4. The van der Waals surface area contributed by atoms with E-state index in [0.29, 0.717) is 11.3 Å². The summed E-state index contributed by atoms with van der Waals surface area (Å²) in [6.45, 7) is 1.89. The summed E-state index contributed by atoms with van der Waals surface area (Å²) in [6, 6.07) is 9.51. The van der Waals surface area contributed by atoms with Crippen molar-refractivity contribution in [2.75, 3.05) is 19.0 Å². The van der Waals surface area contributed by atoms with Crippen LogP contribution in [-0.2, 0) is 25.7 Å². The molecule has 0 fully saturated rings. The van der Waals surface area contributed by atoms with Crippen molar-refractivity contribution in [1.29, 1.82) is 0 Å². The summed E-state index contributed by atoms with van der Waals surface area (Å²) in [5.41, 5.74) is 0.0158. The molecule has 2 rings (SSSR count). The molecular formula is C20H21F3N2O4S. The predicted molar refractivity (Wildman–Crippen MR) is 107 cm³/mol. The number of benzene rings is 2. The quantitative estimate of drug-likeness (QED) is 0.611. The van der Waals surface area contributed by atoms with Gasteiger partial charge in [0, 0.05) is 24.9 Å². The lowest BCUT2D eigenvalue weighted by molar-refractivity contribution is -0.137. The second kappa shape index (κ2) is 9.88. The Labute approximate surface area is 172 Å². The van der Waals surface area contributed by atoms with Gasteiger partial charge in [-0.1, -0.05) is 12.1 Å². The van der Waals surface area contributed by atoms with Crippen LogP contribution >= 0.6 is 0 Å². The lowest BCUT2D eigenvalue weighted by atomic mass is 10.1. The van der Waals surface area contributed by atoms with Crippen LogP contribution in [0.2, 0.25) is 0 Å². The molecule has 2 N–H and O–H groups in total. The van der Waals surface area contributed by atoms with Gasteiger partial charge in [0.2, 0.25) is 15.9 Å². The molecule has 1 unspecified atom stereocenters. The second-order valence-electron chi connectivity index (χ2n) is 6.44. The average molecular weight is 442 g/mol. The molecule has 1 amide bonds. The van der Waals surface area contributed by atoms with Crippen molar-refractivity contribution in [3.8, 4) is 0 Å². The van der Waals surface area contributed by atoms with Crippen molar-refractivity contribution in [3.05, 3.63) is 65.7 Å². The van der Waals surface area contributed by atoms with Crippen LogP contribution in [0.3, 0.4) is 0 Å². The Morgan fingerprint density at radius 2 is 1.70 bits per heavy atom. The first-order valence-electron chi connectivity index (χ1n) is 8.79. The number of nitrogens with one attached hydrogen (secondary N) is 2. The van der Waals surface area contributed by atoms with E-state index in [0.717, 1.165) is 12.1 Å². The van der Waals surface area contributed by atoms with Gasteiger partial charge in [-0.2, -0.15) is 13.2 Å². The zero-order chi connectivity index (χ0) is 22.4. The summed E-state index contributed by atoms with van der Waals surface area (Å²) in [4.78, 5) is 12.0. The number of rotatable bonds is 8. The van der Waals surface area contributed by atoms with Gasteiger partial charge < -0.3 is 10.1 Å². The van der Waals surface area contributed by atoms with E-state index in [2.05, 4.69) is 10.0 Å². The molecule has 6 nitrogen and oxygen atoms in total. The van der Waals surface area contributed by atoms with Crippen LogP contribution in [0, 0.1) is 0 Å². The molecule has 0 aliphatic rings. The van der Waals surface area contributed by atoms with E-state index in [9.17, 15) is 26.4 Å². The number of anilines is 1. The minimum absolute atomic E-state index is 0.0312. The Balaban J connectivity index is 1.98. The lowest BCUT2D eigenvalue weighted by Gasteiger charge is -2.13. The summed E-state index contributed by atoms with van der Waals surface area (Å²) in [7, 11) is -2.26. The fraction of sp³-hybridized carbons (Fsp3) is 0.250. The Kier molecular flexibility index (Phi) is 7.77. The van der Waals surface area contributed by atoms with Gasteiger partial charge in [0.25, 0.3) is 0 Å². The Hall–Kier alpha value is -2.69. The molecule has 0 bridgehead atoms. The zero-order valence-electron chi connectivity index (χ0n) is 16.2. The number of sulfonamides is 1. The molecule has 0 heterocycles.